The SMILES string of the molecule is CC[C@@H](O)CN1CCN(C(=O)c2ccnc(C)n2)CC1. The van der Waals surface area contributed by atoms with Crippen LogP contribution in [0.4, 0.5) is 0 Å². The molecule has 110 valence electrons. The molecule has 0 aliphatic carbocycles. The minimum Gasteiger partial charge on any atom is -0.392 e. The number of carbonyl (C=O) groups is 1. The number of aliphatic hydroxyl groups is 1. The molecule has 1 aromatic heterocycles. The fourth-order valence-electron chi connectivity index (χ4n) is 2.30. The third-order valence-electron chi connectivity index (χ3n) is 3.59. The van der Waals surface area contributed by atoms with E-state index in [0.29, 0.717) is 31.2 Å². The summed E-state index contributed by atoms with van der Waals surface area (Å²) in [6.45, 7) is 7.39. The predicted octanol–water partition coefficient (Wildman–Crippen LogP) is 0.314. The number of nitrogens with zero attached hydrogens (tertiary/aromatic N) is 4. The molecule has 20 heavy (non-hydrogen) atoms. The van der Waals surface area contributed by atoms with Crippen LogP contribution >= 0.6 is 0 Å². The monoisotopic (exact) mass is 278 g/mol. The molecule has 1 fully saturated rings. The molecule has 0 aromatic carbocycles. The highest BCUT2D eigenvalue weighted by Gasteiger charge is 2.23. The first-order valence-corrected chi connectivity index (χ1v) is 7.09. The zero-order valence-corrected chi connectivity index (χ0v) is 12.1. The lowest BCUT2D eigenvalue weighted by molar-refractivity contribution is 0.0519. The van der Waals surface area contributed by atoms with Gasteiger partial charge in [-0.1, -0.05) is 6.92 Å². The molecule has 1 aromatic rings. The van der Waals surface area contributed by atoms with E-state index in [1.54, 1.807) is 19.2 Å². The minimum atomic E-state index is -0.276. The van der Waals surface area contributed by atoms with Gasteiger partial charge in [-0.05, 0) is 19.4 Å². The lowest BCUT2D eigenvalue weighted by Crippen LogP contribution is -2.50. The Balaban J connectivity index is 1.89. The Kier molecular flexibility index (Phi) is 5.03. The molecule has 0 unspecified atom stereocenters. The van der Waals surface area contributed by atoms with E-state index in [9.17, 15) is 9.90 Å². The van der Waals surface area contributed by atoms with Gasteiger partial charge in [0.1, 0.15) is 11.5 Å². The molecule has 1 N–H and O–H groups in total. The van der Waals surface area contributed by atoms with Gasteiger partial charge in [-0.2, -0.15) is 0 Å². The van der Waals surface area contributed by atoms with Crippen LogP contribution < -0.4 is 0 Å². The zero-order valence-electron chi connectivity index (χ0n) is 12.1. The van der Waals surface area contributed by atoms with Gasteiger partial charge < -0.3 is 10.0 Å². The number of rotatable bonds is 4. The number of hydrogen-bond donors (Lipinski definition) is 1. The van der Waals surface area contributed by atoms with Crippen molar-refractivity contribution in [2.45, 2.75) is 26.4 Å². The molecular weight excluding hydrogens is 256 g/mol. The third kappa shape index (κ3) is 3.74. The van der Waals surface area contributed by atoms with Gasteiger partial charge in [-0.15, -0.1) is 0 Å². The summed E-state index contributed by atoms with van der Waals surface area (Å²) in [5, 5.41) is 9.65. The van der Waals surface area contributed by atoms with E-state index in [0.717, 1.165) is 19.5 Å². The van der Waals surface area contributed by atoms with Crippen LogP contribution in [0, 0.1) is 6.92 Å². The highest BCUT2D eigenvalue weighted by molar-refractivity contribution is 5.92. The van der Waals surface area contributed by atoms with E-state index in [-0.39, 0.29) is 12.0 Å². The van der Waals surface area contributed by atoms with Crippen molar-refractivity contribution in [2.75, 3.05) is 32.7 Å². The number of piperazine rings is 1. The fourth-order valence-corrected chi connectivity index (χ4v) is 2.30. The molecule has 1 amide bonds. The summed E-state index contributed by atoms with van der Waals surface area (Å²) in [6, 6.07) is 1.66. The Labute approximate surface area is 119 Å². The average Bonchev–Trinajstić information content (AvgIpc) is 2.47. The van der Waals surface area contributed by atoms with E-state index < -0.39 is 0 Å². The number of β-amino-alcohol motifs (C(OH)–C–C–N with tert-alkyl or cyclic N) is 1. The number of carbonyl (C=O) groups excluding carboxylic acids is 1. The second-order valence-electron chi connectivity index (χ2n) is 5.14. The third-order valence-corrected chi connectivity index (χ3v) is 3.59. The quantitative estimate of drug-likeness (QED) is 0.858. The first kappa shape index (κ1) is 14.9. The lowest BCUT2D eigenvalue weighted by Gasteiger charge is -2.35. The minimum absolute atomic E-state index is 0.0359. The van der Waals surface area contributed by atoms with Crippen molar-refractivity contribution in [3.63, 3.8) is 0 Å². The molecule has 0 radical (unpaired) electrons. The molecule has 0 saturated carbocycles. The van der Waals surface area contributed by atoms with Crippen molar-refractivity contribution < 1.29 is 9.90 Å². The summed E-state index contributed by atoms with van der Waals surface area (Å²) >= 11 is 0. The normalized spacial score (nSPS) is 18.1. The number of aryl methyl sites for hydroxylation is 1. The van der Waals surface area contributed by atoms with Crippen molar-refractivity contribution in [1.82, 2.24) is 19.8 Å². The molecule has 1 atom stereocenters. The summed E-state index contributed by atoms with van der Waals surface area (Å²) in [4.78, 5) is 24.5. The molecule has 2 rings (SSSR count). The number of aromatic nitrogens is 2. The van der Waals surface area contributed by atoms with Gasteiger partial charge in [0.05, 0.1) is 6.10 Å². The molecular formula is C14H22N4O2. The summed E-state index contributed by atoms with van der Waals surface area (Å²) < 4.78 is 0. The fraction of sp³-hybridized carbons (Fsp3) is 0.643. The molecule has 0 bridgehead atoms. The van der Waals surface area contributed by atoms with Crippen LogP contribution in [0.1, 0.15) is 29.7 Å². The topological polar surface area (TPSA) is 69.6 Å². The number of aliphatic hydroxyl groups excluding tert-OH is 1. The summed E-state index contributed by atoms with van der Waals surface area (Å²) in [5.41, 5.74) is 0.458. The summed E-state index contributed by atoms with van der Waals surface area (Å²) in [6.07, 6.45) is 2.10. The van der Waals surface area contributed by atoms with Gasteiger partial charge in [-0.3, -0.25) is 9.69 Å². The van der Waals surface area contributed by atoms with Gasteiger partial charge in [0.15, 0.2) is 0 Å². The Morgan fingerprint density at radius 2 is 2.10 bits per heavy atom. The van der Waals surface area contributed by atoms with Crippen molar-refractivity contribution in [1.29, 1.82) is 0 Å². The van der Waals surface area contributed by atoms with E-state index in [1.165, 1.54) is 0 Å². The van der Waals surface area contributed by atoms with Gasteiger partial charge in [0.2, 0.25) is 0 Å². The summed E-state index contributed by atoms with van der Waals surface area (Å²) in [5.74, 6) is 0.576. The van der Waals surface area contributed by atoms with Gasteiger partial charge >= 0.3 is 0 Å². The van der Waals surface area contributed by atoms with Crippen LogP contribution in [0.2, 0.25) is 0 Å². The van der Waals surface area contributed by atoms with Crippen molar-refractivity contribution in [3.8, 4) is 0 Å². The van der Waals surface area contributed by atoms with Gasteiger partial charge in [-0.25, -0.2) is 9.97 Å². The molecule has 6 heteroatoms. The molecule has 1 aliphatic rings. The van der Waals surface area contributed by atoms with E-state index in [2.05, 4.69) is 14.9 Å². The second-order valence-corrected chi connectivity index (χ2v) is 5.14. The first-order chi connectivity index (χ1) is 9.60. The highest BCUT2D eigenvalue weighted by atomic mass is 16.3. The maximum Gasteiger partial charge on any atom is 0.272 e. The Morgan fingerprint density at radius 1 is 1.40 bits per heavy atom. The smallest absolute Gasteiger partial charge is 0.272 e. The van der Waals surface area contributed by atoms with Crippen LogP contribution in [-0.4, -0.2) is 69.6 Å². The lowest BCUT2D eigenvalue weighted by atomic mass is 10.2. The largest absolute Gasteiger partial charge is 0.392 e. The van der Waals surface area contributed by atoms with Crippen molar-refractivity contribution in [2.24, 2.45) is 0 Å². The molecule has 1 saturated heterocycles. The maximum absolute atomic E-state index is 12.3. The van der Waals surface area contributed by atoms with E-state index in [1.807, 2.05) is 11.8 Å². The van der Waals surface area contributed by atoms with Crippen LogP contribution in [0.5, 0.6) is 0 Å². The maximum atomic E-state index is 12.3. The van der Waals surface area contributed by atoms with Crippen molar-refractivity contribution in [3.05, 3.63) is 23.8 Å². The summed E-state index contributed by atoms with van der Waals surface area (Å²) in [7, 11) is 0. The second kappa shape index (κ2) is 6.76. The molecule has 0 spiro atoms. The predicted molar refractivity (Wildman–Crippen MR) is 75.4 cm³/mol. The van der Waals surface area contributed by atoms with E-state index in [4.69, 9.17) is 0 Å². The van der Waals surface area contributed by atoms with Crippen LogP contribution in [-0.2, 0) is 0 Å². The average molecular weight is 278 g/mol. The Morgan fingerprint density at radius 3 is 2.70 bits per heavy atom. The standard InChI is InChI=1S/C14H22N4O2/c1-3-12(19)10-17-6-8-18(9-7-17)14(20)13-4-5-15-11(2)16-13/h4-5,12,19H,3,6-10H2,1-2H3/t12-/m1/s1. The molecule has 6 nitrogen and oxygen atoms in total. The Bertz CT molecular complexity index is 458. The van der Waals surface area contributed by atoms with Crippen LogP contribution in [0.15, 0.2) is 12.3 Å². The van der Waals surface area contributed by atoms with E-state index >= 15 is 0 Å². The number of hydrogen-bond acceptors (Lipinski definition) is 5. The van der Waals surface area contributed by atoms with Crippen molar-refractivity contribution >= 4 is 5.91 Å². The first-order valence-electron chi connectivity index (χ1n) is 7.09. The van der Waals surface area contributed by atoms with Crippen LogP contribution in [0.25, 0.3) is 0 Å². The molecule has 1 aliphatic heterocycles. The highest BCUT2D eigenvalue weighted by Crippen LogP contribution is 2.08. The van der Waals surface area contributed by atoms with Gasteiger partial charge in [0, 0.05) is 38.9 Å². The van der Waals surface area contributed by atoms with Gasteiger partial charge in [0.25, 0.3) is 5.91 Å². The number of amides is 1. The van der Waals surface area contributed by atoms with Crippen LogP contribution in [0.3, 0.4) is 0 Å². The Hall–Kier alpha value is -1.53. The zero-order chi connectivity index (χ0) is 14.5. The molecule has 2 heterocycles.